The van der Waals surface area contributed by atoms with Crippen LogP contribution >= 0.6 is 0 Å². The smallest absolute Gasteiger partial charge is 0.217 e. The third-order valence-electron chi connectivity index (χ3n) is 5.11. The minimum Gasteiger partial charge on any atom is -0.493 e. The Morgan fingerprint density at radius 3 is 3.04 bits per heavy atom. The van der Waals surface area contributed by atoms with Crippen molar-refractivity contribution in [3.05, 3.63) is 29.8 Å². The van der Waals surface area contributed by atoms with Gasteiger partial charge >= 0.3 is 0 Å². The van der Waals surface area contributed by atoms with Gasteiger partial charge in [0.05, 0.1) is 6.61 Å². The Hall–Kier alpha value is -2.24. The second-order valence-corrected chi connectivity index (χ2v) is 6.92. The van der Waals surface area contributed by atoms with E-state index in [4.69, 9.17) is 10.5 Å². The quantitative estimate of drug-likeness (QED) is 0.644. The molecule has 2 unspecified atom stereocenters. The summed E-state index contributed by atoms with van der Waals surface area (Å²) in [6.07, 6.45) is 3.59. The molecule has 1 aromatic rings. The maximum absolute atomic E-state index is 11.2. The molecule has 2 aliphatic rings. The Bertz CT molecular complexity index is 632. The highest BCUT2D eigenvalue weighted by Crippen LogP contribution is 2.32. The third kappa shape index (κ3) is 4.44. The molecule has 0 bridgehead atoms. The number of nitrogens with two attached hydrogens (primary N) is 1. The molecule has 0 radical (unpaired) electrons. The molecule has 2 aliphatic heterocycles. The number of amides is 1. The summed E-state index contributed by atoms with van der Waals surface area (Å²) in [6.45, 7) is 3.41. The number of fused-ring (bicyclic) bond motifs is 1. The van der Waals surface area contributed by atoms with Crippen molar-refractivity contribution < 1.29 is 9.53 Å². The summed E-state index contributed by atoms with van der Waals surface area (Å²) in [6, 6.07) is 8.26. The van der Waals surface area contributed by atoms with E-state index in [9.17, 15) is 4.79 Å². The number of piperidine rings is 1. The SMILES string of the molecule is CN=C(NCC1CCOc2ccccc21)N1CCCC(CC(N)=O)C1. The number of nitrogens with zero attached hydrogens (tertiary/aromatic N) is 2. The molecule has 1 aromatic carbocycles. The van der Waals surface area contributed by atoms with E-state index < -0.39 is 0 Å². The van der Waals surface area contributed by atoms with Crippen molar-refractivity contribution in [1.82, 2.24) is 10.2 Å². The van der Waals surface area contributed by atoms with Gasteiger partial charge in [-0.1, -0.05) is 18.2 Å². The van der Waals surface area contributed by atoms with Crippen LogP contribution in [-0.4, -0.2) is 50.1 Å². The molecule has 6 nitrogen and oxygen atoms in total. The Morgan fingerprint density at radius 1 is 1.40 bits per heavy atom. The van der Waals surface area contributed by atoms with E-state index in [-0.39, 0.29) is 5.91 Å². The van der Waals surface area contributed by atoms with Gasteiger partial charge in [-0.3, -0.25) is 9.79 Å². The molecule has 3 rings (SSSR count). The van der Waals surface area contributed by atoms with Crippen LogP contribution in [0.4, 0.5) is 0 Å². The lowest BCUT2D eigenvalue weighted by Gasteiger charge is -2.35. The number of para-hydroxylation sites is 1. The Kier molecular flexibility index (Phi) is 5.79. The van der Waals surface area contributed by atoms with E-state index in [1.54, 1.807) is 0 Å². The van der Waals surface area contributed by atoms with E-state index in [0.29, 0.717) is 18.3 Å². The summed E-state index contributed by atoms with van der Waals surface area (Å²) in [5.74, 6) is 2.45. The zero-order valence-electron chi connectivity index (χ0n) is 14.9. The molecular weight excluding hydrogens is 316 g/mol. The van der Waals surface area contributed by atoms with Crippen molar-refractivity contribution >= 4 is 11.9 Å². The summed E-state index contributed by atoms with van der Waals surface area (Å²) >= 11 is 0. The molecule has 1 fully saturated rings. The molecule has 6 heteroatoms. The van der Waals surface area contributed by atoms with Crippen LogP contribution in [0.1, 0.15) is 37.2 Å². The van der Waals surface area contributed by atoms with Gasteiger partial charge in [0.15, 0.2) is 5.96 Å². The second kappa shape index (κ2) is 8.23. The molecule has 136 valence electrons. The molecule has 0 aromatic heterocycles. The molecule has 0 spiro atoms. The van der Waals surface area contributed by atoms with E-state index in [2.05, 4.69) is 27.3 Å². The minimum absolute atomic E-state index is 0.214. The first-order chi connectivity index (χ1) is 12.2. The third-order valence-corrected chi connectivity index (χ3v) is 5.11. The van der Waals surface area contributed by atoms with Gasteiger partial charge in [0.1, 0.15) is 5.75 Å². The second-order valence-electron chi connectivity index (χ2n) is 6.92. The summed E-state index contributed by atoms with van der Waals surface area (Å²) in [4.78, 5) is 17.9. The summed E-state index contributed by atoms with van der Waals surface area (Å²) in [5, 5.41) is 3.53. The largest absolute Gasteiger partial charge is 0.493 e. The standard InChI is InChI=1S/C19H28N4O2/c1-21-19(23-9-4-5-14(13-23)11-18(20)24)22-12-15-8-10-25-17-7-3-2-6-16(15)17/h2-3,6-7,14-15H,4-5,8-13H2,1H3,(H2,20,24)(H,21,22). The fraction of sp³-hybridized carbons (Fsp3) is 0.579. The normalized spacial score (nSPS) is 23.6. The lowest BCUT2D eigenvalue weighted by atomic mass is 9.93. The van der Waals surface area contributed by atoms with E-state index in [0.717, 1.165) is 57.2 Å². The minimum atomic E-state index is -0.214. The zero-order valence-corrected chi connectivity index (χ0v) is 14.9. The fourth-order valence-electron chi connectivity index (χ4n) is 3.88. The predicted molar refractivity (Wildman–Crippen MR) is 98.8 cm³/mol. The van der Waals surface area contributed by atoms with Crippen molar-refractivity contribution in [2.45, 2.75) is 31.6 Å². The number of carbonyl (C=O) groups excluding carboxylic acids is 1. The van der Waals surface area contributed by atoms with Crippen molar-refractivity contribution in [2.24, 2.45) is 16.6 Å². The molecule has 25 heavy (non-hydrogen) atoms. The lowest BCUT2D eigenvalue weighted by molar-refractivity contribution is -0.119. The van der Waals surface area contributed by atoms with Crippen molar-refractivity contribution in [3.63, 3.8) is 0 Å². The highest BCUT2D eigenvalue weighted by atomic mass is 16.5. The van der Waals surface area contributed by atoms with Crippen LogP contribution in [0, 0.1) is 5.92 Å². The molecule has 0 saturated carbocycles. The summed E-state index contributed by atoms with van der Waals surface area (Å²) in [5.41, 5.74) is 6.63. The molecule has 1 saturated heterocycles. The van der Waals surface area contributed by atoms with Crippen LogP contribution in [0.2, 0.25) is 0 Å². The molecule has 2 atom stereocenters. The van der Waals surface area contributed by atoms with Crippen LogP contribution in [0.3, 0.4) is 0 Å². The maximum atomic E-state index is 11.2. The monoisotopic (exact) mass is 344 g/mol. The first kappa shape index (κ1) is 17.6. The summed E-state index contributed by atoms with van der Waals surface area (Å²) in [7, 11) is 1.82. The number of ether oxygens (including phenoxy) is 1. The van der Waals surface area contributed by atoms with Gasteiger partial charge in [0, 0.05) is 39.0 Å². The molecule has 1 amide bonds. The number of benzene rings is 1. The van der Waals surface area contributed by atoms with Gasteiger partial charge in [-0.15, -0.1) is 0 Å². The average molecular weight is 344 g/mol. The zero-order chi connectivity index (χ0) is 17.6. The average Bonchev–Trinajstić information content (AvgIpc) is 2.62. The van der Waals surface area contributed by atoms with Gasteiger partial charge < -0.3 is 20.7 Å². The number of likely N-dealkylation sites (tertiary alicyclic amines) is 1. The highest BCUT2D eigenvalue weighted by molar-refractivity contribution is 5.80. The van der Waals surface area contributed by atoms with Gasteiger partial charge in [-0.2, -0.15) is 0 Å². The van der Waals surface area contributed by atoms with Gasteiger partial charge in [0.2, 0.25) is 5.91 Å². The van der Waals surface area contributed by atoms with Crippen LogP contribution in [-0.2, 0) is 4.79 Å². The van der Waals surface area contributed by atoms with Crippen LogP contribution in [0.5, 0.6) is 5.75 Å². The number of primary amides is 1. The maximum Gasteiger partial charge on any atom is 0.217 e. The fourth-order valence-corrected chi connectivity index (χ4v) is 3.88. The number of guanidine groups is 1. The van der Waals surface area contributed by atoms with Crippen molar-refractivity contribution in [3.8, 4) is 5.75 Å². The molecular formula is C19H28N4O2. The van der Waals surface area contributed by atoms with Gasteiger partial charge in [0.25, 0.3) is 0 Å². The van der Waals surface area contributed by atoms with Gasteiger partial charge in [-0.05, 0) is 36.8 Å². The number of hydrogen-bond donors (Lipinski definition) is 2. The van der Waals surface area contributed by atoms with E-state index >= 15 is 0 Å². The van der Waals surface area contributed by atoms with Crippen molar-refractivity contribution in [1.29, 1.82) is 0 Å². The van der Waals surface area contributed by atoms with E-state index in [1.807, 2.05) is 19.2 Å². The number of rotatable bonds is 4. The predicted octanol–water partition coefficient (Wildman–Crippen LogP) is 1.72. The first-order valence-corrected chi connectivity index (χ1v) is 9.13. The van der Waals surface area contributed by atoms with Crippen molar-refractivity contribution in [2.75, 3.05) is 33.3 Å². The Labute approximate surface area is 149 Å². The molecule has 2 heterocycles. The number of aliphatic imine (C=N–C) groups is 1. The van der Waals surface area contributed by atoms with Crippen LogP contribution in [0.25, 0.3) is 0 Å². The van der Waals surface area contributed by atoms with Crippen LogP contribution in [0.15, 0.2) is 29.3 Å². The van der Waals surface area contributed by atoms with E-state index in [1.165, 1.54) is 5.56 Å². The van der Waals surface area contributed by atoms with Gasteiger partial charge in [-0.25, -0.2) is 0 Å². The molecule has 3 N–H and O–H groups in total. The Balaban J connectivity index is 1.59. The number of hydrogen-bond acceptors (Lipinski definition) is 3. The lowest BCUT2D eigenvalue weighted by Crippen LogP contribution is -2.48. The molecule has 0 aliphatic carbocycles. The Morgan fingerprint density at radius 2 is 2.24 bits per heavy atom. The highest BCUT2D eigenvalue weighted by Gasteiger charge is 2.25. The first-order valence-electron chi connectivity index (χ1n) is 9.13. The number of nitrogens with one attached hydrogen (secondary N) is 1. The topological polar surface area (TPSA) is 80.0 Å². The number of carbonyl (C=O) groups is 1. The summed E-state index contributed by atoms with van der Waals surface area (Å²) < 4.78 is 5.74. The van der Waals surface area contributed by atoms with Crippen LogP contribution < -0.4 is 15.8 Å².